The Bertz CT molecular complexity index is 838. The number of aromatic nitrogens is 3. The van der Waals surface area contributed by atoms with Crippen molar-refractivity contribution in [3.8, 4) is 11.3 Å². The second-order valence-corrected chi connectivity index (χ2v) is 6.13. The molecule has 5 heteroatoms. The molecule has 0 aliphatic heterocycles. The summed E-state index contributed by atoms with van der Waals surface area (Å²) in [7, 11) is 1.86. The summed E-state index contributed by atoms with van der Waals surface area (Å²) in [6, 6.07) is 14.0. The Morgan fingerprint density at radius 2 is 2.00 bits per heavy atom. The summed E-state index contributed by atoms with van der Waals surface area (Å²) in [5.41, 5.74) is 4.81. The van der Waals surface area contributed by atoms with Crippen molar-refractivity contribution in [2.24, 2.45) is 7.05 Å². The van der Waals surface area contributed by atoms with E-state index in [-0.39, 0.29) is 5.91 Å². The topological polar surface area (TPSA) is 59.8 Å². The summed E-state index contributed by atoms with van der Waals surface area (Å²) in [5, 5.41) is 7.28. The van der Waals surface area contributed by atoms with E-state index in [0.717, 1.165) is 24.1 Å². The van der Waals surface area contributed by atoms with Crippen molar-refractivity contribution in [3.05, 3.63) is 71.7 Å². The number of hydrogen-bond acceptors (Lipinski definition) is 3. The fourth-order valence-electron chi connectivity index (χ4n) is 2.70. The van der Waals surface area contributed by atoms with Crippen molar-refractivity contribution in [3.63, 3.8) is 0 Å². The van der Waals surface area contributed by atoms with Gasteiger partial charge in [0.1, 0.15) is 0 Å². The number of hydrogen-bond donors (Lipinski definition) is 1. The molecule has 0 atom stereocenters. The Balaban J connectivity index is 1.57. The molecule has 128 valence electrons. The third kappa shape index (κ3) is 4.32. The third-order valence-electron chi connectivity index (χ3n) is 4.11. The van der Waals surface area contributed by atoms with E-state index < -0.39 is 0 Å². The van der Waals surface area contributed by atoms with Gasteiger partial charge in [0.05, 0.1) is 5.69 Å². The lowest BCUT2D eigenvalue weighted by Gasteiger charge is -2.03. The SMILES string of the molecule is Cc1ccc(-c2cc(C(=O)NCCCc3cccnc3)nn2C)cc1. The molecule has 2 aromatic heterocycles. The molecule has 2 heterocycles. The number of amides is 1. The van der Waals surface area contributed by atoms with E-state index in [1.165, 1.54) is 11.1 Å². The molecule has 0 aliphatic carbocycles. The average molecular weight is 334 g/mol. The zero-order chi connectivity index (χ0) is 17.6. The van der Waals surface area contributed by atoms with Gasteiger partial charge in [0.15, 0.2) is 5.69 Å². The van der Waals surface area contributed by atoms with Gasteiger partial charge < -0.3 is 5.32 Å². The minimum atomic E-state index is -0.139. The molecule has 3 aromatic rings. The van der Waals surface area contributed by atoms with Gasteiger partial charge in [-0.3, -0.25) is 14.5 Å². The van der Waals surface area contributed by atoms with Crippen molar-refractivity contribution >= 4 is 5.91 Å². The first kappa shape index (κ1) is 16.9. The summed E-state index contributed by atoms with van der Waals surface area (Å²) in [5.74, 6) is -0.139. The molecule has 5 nitrogen and oxygen atoms in total. The van der Waals surface area contributed by atoms with E-state index in [4.69, 9.17) is 0 Å². The van der Waals surface area contributed by atoms with Crippen LogP contribution >= 0.6 is 0 Å². The number of carbonyl (C=O) groups is 1. The van der Waals surface area contributed by atoms with Gasteiger partial charge in [-0.05, 0) is 43.0 Å². The molecule has 3 rings (SSSR count). The van der Waals surface area contributed by atoms with Gasteiger partial charge in [-0.2, -0.15) is 5.10 Å². The molecule has 0 saturated heterocycles. The van der Waals surface area contributed by atoms with Crippen molar-refractivity contribution in [1.82, 2.24) is 20.1 Å². The Morgan fingerprint density at radius 3 is 2.72 bits per heavy atom. The van der Waals surface area contributed by atoms with Crippen LogP contribution in [0.15, 0.2) is 54.9 Å². The monoisotopic (exact) mass is 334 g/mol. The average Bonchev–Trinajstić information content (AvgIpc) is 3.02. The van der Waals surface area contributed by atoms with Crippen molar-refractivity contribution in [1.29, 1.82) is 0 Å². The summed E-state index contributed by atoms with van der Waals surface area (Å²) in [6.07, 6.45) is 5.38. The van der Waals surface area contributed by atoms with Crippen LogP contribution < -0.4 is 5.32 Å². The molecule has 25 heavy (non-hydrogen) atoms. The van der Waals surface area contributed by atoms with Crippen LogP contribution in [-0.2, 0) is 13.5 Å². The second kappa shape index (κ2) is 7.75. The smallest absolute Gasteiger partial charge is 0.271 e. The lowest BCUT2D eigenvalue weighted by Crippen LogP contribution is -2.25. The Morgan fingerprint density at radius 1 is 1.20 bits per heavy atom. The van der Waals surface area contributed by atoms with Crippen LogP contribution in [0.3, 0.4) is 0 Å². The maximum atomic E-state index is 12.3. The maximum Gasteiger partial charge on any atom is 0.271 e. The van der Waals surface area contributed by atoms with Crippen LogP contribution in [0.4, 0.5) is 0 Å². The molecular formula is C20H22N4O. The predicted octanol–water partition coefficient (Wildman–Crippen LogP) is 3.15. The van der Waals surface area contributed by atoms with E-state index in [2.05, 4.69) is 34.5 Å². The molecule has 1 aromatic carbocycles. The molecule has 1 N–H and O–H groups in total. The predicted molar refractivity (Wildman–Crippen MR) is 98.3 cm³/mol. The fourth-order valence-corrected chi connectivity index (χ4v) is 2.70. The molecule has 0 radical (unpaired) electrons. The molecule has 0 saturated carbocycles. The molecule has 1 amide bonds. The van der Waals surface area contributed by atoms with E-state index in [9.17, 15) is 4.79 Å². The summed E-state index contributed by atoms with van der Waals surface area (Å²) >= 11 is 0. The Kier molecular flexibility index (Phi) is 5.23. The van der Waals surface area contributed by atoms with Gasteiger partial charge in [-0.1, -0.05) is 35.9 Å². The van der Waals surface area contributed by atoms with Gasteiger partial charge in [0.25, 0.3) is 5.91 Å². The highest BCUT2D eigenvalue weighted by atomic mass is 16.1. The van der Waals surface area contributed by atoms with Crippen molar-refractivity contribution < 1.29 is 4.79 Å². The van der Waals surface area contributed by atoms with Crippen LogP contribution in [0, 0.1) is 6.92 Å². The molecule has 0 bridgehead atoms. The van der Waals surface area contributed by atoms with Gasteiger partial charge in [-0.25, -0.2) is 0 Å². The number of benzene rings is 1. The summed E-state index contributed by atoms with van der Waals surface area (Å²) in [4.78, 5) is 16.4. The standard InChI is InChI=1S/C20H22N4O/c1-15-7-9-17(10-8-15)19-13-18(23-24(19)2)20(25)22-12-4-6-16-5-3-11-21-14-16/h3,5,7-11,13-14H,4,6,12H2,1-2H3,(H,22,25). The van der Waals surface area contributed by atoms with Crippen molar-refractivity contribution in [2.45, 2.75) is 19.8 Å². The fraction of sp³-hybridized carbons (Fsp3) is 0.250. The van der Waals surface area contributed by atoms with Gasteiger partial charge in [-0.15, -0.1) is 0 Å². The van der Waals surface area contributed by atoms with E-state index in [1.54, 1.807) is 10.9 Å². The van der Waals surface area contributed by atoms with Crippen LogP contribution in [0.5, 0.6) is 0 Å². The second-order valence-electron chi connectivity index (χ2n) is 6.13. The molecule has 0 fully saturated rings. The third-order valence-corrected chi connectivity index (χ3v) is 4.11. The normalized spacial score (nSPS) is 10.6. The number of pyridine rings is 1. The number of nitrogens with zero attached hydrogens (tertiary/aromatic N) is 3. The first-order chi connectivity index (χ1) is 12.1. The van der Waals surface area contributed by atoms with E-state index in [0.29, 0.717) is 12.2 Å². The van der Waals surface area contributed by atoms with Crippen LogP contribution in [0.1, 0.15) is 28.0 Å². The molecule has 0 aliphatic rings. The minimum absolute atomic E-state index is 0.139. The van der Waals surface area contributed by atoms with Crippen LogP contribution in [0.25, 0.3) is 11.3 Å². The Hall–Kier alpha value is -2.95. The number of rotatable bonds is 6. The zero-order valence-corrected chi connectivity index (χ0v) is 14.6. The largest absolute Gasteiger partial charge is 0.351 e. The maximum absolute atomic E-state index is 12.3. The highest BCUT2D eigenvalue weighted by molar-refractivity contribution is 5.93. The van der Waals surface area contributed by atoms with Crippen molar-refractivity contribution in [2.75, 3.05) is 6.54 Å². The highest BCUT2D eigenvalue weighted by Gasteiger charge is 2.13. The summed E-state index contributed by atoms with van der Waals surface area (Å²) in [6.45, 7) is 2.67. The van der Waals surface area contributed by atoms with E-state index >= 15 is 0 Å². The van der Waals surface area contributed by atoms with Gasteiger partial charge in [0.2, 0.25) is 0 Å². The van der Waals surface area contributed by atoms with Gasteiger partial charge >= 0.3 is 0 Å². The molecular weight excluding hydrogens is 312 g/mol. The van der Waals surface area contributed by atoms with Crippen LogP contribution in [-0.4, -0.2) is 27.2 Å². The lowest BCUT2D eigenvalue weighted by molar-refractivity contribution is 0.0947. The minimum Gasteiger partial charge on any atom is -0.351 e. The summed E-state index contributed by atoms with van der Waals surface area (Å²) < 4.78 is 1.75. The number of carbonyl (C=O) groups excluding carboxylic acids is 1. The number of nitrogens with one attached hydrogen (secondary N) is 1. The quantitative estimate of drug-likeness (QED) is 0.705. The molecule has 0 spiro atoms. The van der Waals surface area contributed by atoms with E-state index in [1.807, 2.05) is 43.6 Å². The van der Waals surface area contributed by atoms with Gasteiger partial charge in [0, 0.05) is 26.0 Å². The Labute approximate surface area is 147 Å². The lowest BCUT2D eigenvalue weighted by atomic mass is 10.1. The van der Waals surface area contributed by atoms with Crippen LogP contribution in [0.2, 0.25) is 0 Å². The first-order valence-corrected chi connectivity index (χ1v) is 8.41. The molecule has 0 unspecified atom stereocenters. The number of aryl methyl sites for hydroxylation is 3. The zero-order valence-electron chi connectivity index (χ0n) is 14.6. The first-order valence-electron chi connectivity index (χ1n) is 8.41. The highest BCUT2D eigenvalue weighted by Crippen LogP contribution is 2.20.